The largest absolute Gasteiger partial charge is 0.316 e. The van der Waals surface area contributed by atoms with Gasteiger partial charge < -0.3 is 5.32 Å². The topological polar surface area (TPSA) is 49.4 Å². The third kappa shape index (κ3) is 4.43. The van der Waals surface area contributed by atoms with Crippen molar-refractivity contribution in [2.45, 2.75) is 64.2 Å². The second-order valence-corrected chi connectivity index (χ2v) is 8.17. The van der Waals surface area contributed by atoms with Crippen LogP contribution in [0, 0.1) is 5.92 Å². The normalized spacial score (nSPS) is 26.6. The summed E-state index contributed by atoms with van der Waals surface area (Å²) in [6.07, 6.45) is 5.59. The fraction of sp³-hybridized carbons (Fsp3) is 1.00. The summed E-state index contributed by atoms with van der Waals surface area (Å²) in [4.78, 5) is 0. The van der Waals surface area contributed by atoms with E-state index >= 15 is 0 Å². The van der Waals surface area contributed by atoms with Crippen LogP contribution in [0.2, 0.25) is 0 Å². The molecule has 0 aromatic rings. The van der Waals surface area contributed by atoms with Crippen molar-refractivity contribution in [1.29, 1.82) is 0 Å². The first kappa shape index (κ1) is 16.9. The molecule has 0 spiro atoms. The maximum Gasteiger partial charge on any atom is 0.217 e. The van der Waals surface area contributed by atoms with E-state index in [2.05, 4.69) is 12.2 Å². The summed E-state index contributed by atoms with van der Waals surface area (Å²) in [6, 6.07) is 0.205. The van der Waals surface area contributed by atoms with Crippen LogP contribution in [-0.2, 0) is 10.0 Å². The zero-order valence-corrected chi connectivity index (χ0v) is 13.7. The zero-order valence-electron chi connectivity index (χ0n) is 12.9. The monoisotopic (exact) mass is 290 g/mol. The Bertz CT molecular complexity index is 348. The van der Waals surface area contributed by atoms with Crippen LogP contribution in [0.3, 0.4) is 0 Å². The van der Waals surface area contributed by atoms with Crippen molar-refractivity contribution in [3.63, 3.8) is 0 Å². The average molecular weight is 290 g/mol. The molecule has 1 atom stereocenters. The minimum absolute atomic E-state index is 0.205. The molecule has 1 fully saturated rings. The maximum absolute atomic E-state index is 12.5. The van der Waals surface area contributed by atoms with Gasteiger partial charge in [-0.2, -0.15) is 0 Å². The first-order valence-corrected chi connectivity index (χ1v) is 9.11. The molecular formula is C14H30N2O2S. The van der Waals surface area contributed by atoms with Crippen molar-refractivity contribution < 1.29 is 8.42 Å². The lowest BCUT2D eigenvalue weighted by Gasteiger charge is -2.35. The molecule has 0 bridgehead atoms. The van der Waals surface area contributed by atoms with Crippen molar-refractivity contribution in [3.8, 4) is 0 Å². The molecule has 1 rings (SSSR count). The van der Waals surface area contributed by atoms with Crippen molar-refractivity contribution in [3.05, 3.63) is 0 Å². The van der Waals surface area contributed by atoms with E-state index in [1.165, 1.54) is 19.3 Å². The van der Waals surface area contributed by atoms with Gasteiger partial charge in [0.15, 0.2) is 0 Å². The maximum atomic E-state index is 12.5. The van der Waals surface area contributed by atoms with E-state index in [1.807, 2.05) is 6.92 Å². The molecular weight excluding hydrogens is 260 g/mol. The van der Waals surface area contributed by atoms with Crippen LogP contribution >= 0.6 is 0 Å². The number of nitrogens with one attached hydrogen (secondary N) is 1. The number of hydrogen-bond donors (Lipinski definition) is 1. The molecule has 114 valence electrons. The van der Waals surface area contributed by atoms with Gasteiger partial charge in [-0.25, -0.2) is 12.7 Å². The van der Waals surface area contributed by atoms with Gasteiger partial charge in [0.05, 0.1) is 5.25 Å². The highest BCUT2D eigenvalue weighted by Gasteiger charge is 2.33. The summed E-state index contributed by atoms with van der Waals surface area (Å²) in [5.41, 5.74) is 0. The number of sulfonamides is 1. The van der Waals surface area contributed by atoms with Crippen molar-refractivity contribution in [2.75, 3.05) is 20.1 Å². The molecule has 1 aliphatic rings. The van der Waals surface area contributed by atoms with E-state index < -0.39 is 10.0 Å². The Morgan fingerprint density at radius 2 is 1.79 bits per heavy atom. The Morgan fingerprint density at radius 3 is 2.26 bits per heavy atom. The Kier molecular flexibility index (Phi) is 6.77. The summed E-state index contributed by atoms with van der Waals surface area (Å²) in [5.74, 6) is 0.798. The van der Waals surface area contributed by atoms with E-state index in [0.29, 0.717) is 6.54 Å². The fourth-order valence-corrected chi connectivity index (χ4v) is 4.38. The number of nitrogens with zero attached hydrogens (tertiary/aromatic N) is 1. The molecule has 0 radical (unpaired) electrons. The third-order valence-corrected chi connectivity index (χ3v) is 6.78. The lowest BCUT2D eigenvalue weighted by molar-refractivity contribution is 0.231. The quantitative estimate of drug-likeness (QED) is 0.782. The van der Waals surface area contributed by atoms with Crippen LogP contribution in [0.1, 0.15) is 52.9 Å². The van der Waals surface area contributed by atoms with Crippen LogP contribution in [-0.4, -0.2) is 44.2 Å². The highest BCUT2D eigenvalue weighted by Crippen LogP contribution is 2.30. The fourth-order valence-electron chi connectivity index (χ4n) is 2.86. The van der Waals surface area contributed by atoms with Gasteiger partial charge >= 0.3 is 0 Å². The molecule has 1 N–H and O–H groups in total. The summed E-state index contributed by atoms with van der Waals surface area (Å²) in [6.45, 7) is 7.36. The predicted octanol–water partition coefficient (Wildman–Crippen LogP) is 2.21. The van der Waals surface area contributed by atoms with E-state index in [-0.39, 0.29) is 11.3 Å². The number of hydrogen-bond acceptors (Lipinski definition) is 3. The average Bonchev–Trinajstić information content (AvgIpc) is 2.43. The van der Waals surface area contributed by atoms with Gasteiger partial charge in [0.25, 0.3) is 0 Å². The van der Waals surface area contributed by atoms with Crippen molar-refractivity contribution >= 4 is 10.0 Å². The van der Waals surface area contributed by atoms with Gasteiger partial charge in [-0.3, -0.25) is 0 Å². The second-order valence-electron chi connectivity index (χ2n) is 5.76. The molecule has 4 nitrogen and oxygen atoms in total. The highest BCUT2D eigenvalue weighted by atomic mass is 32.2. The predicted molar refractivity (Wildman–Crippen MR) is 80.7 cm³/mol. The van der Waals surface area contributed by atoms with Crippen molar-refractivity contribution in [1.82, 2.24) is 9.62 Å². The first-order chi connectivity index (χ1) is 8.93. The summed E-state index contributed by atoms with van der Waals surface area (Å²) < 4.78 is 26.6. The van der Waals surface area contributed by atoms with Crippen molar-refractivity contribution in [2.24, 2.45) is 5.92 Å². The molecule has 5 heteroatoms. The van der Waals surface area contributed by atoms with E-state index in [4.69, 9.17) is 0 Å². The molecule has 19 heavy (non-hydrogen) atoms. The lowest BCUT2D eigenvalue weighted by Crippen LogP contribution is -2.46. The summed E-state index contributed by atoms with van der Waals surface area (Å²) in [7, 11) is -1.41. The molecule has 0 heterocycles. The van der Waals surface area contributed by atoms with Crippen LogP contribution in [0.4, 0.5) is 0 Å². The minimum atomic E-state index is -3.16. The van der Waals surface area contributed by atoms with Crippen LogP contribution in [0.15, 0.2) is 0 Å². The molecule has 0 saturated heterocycles. The van der Waals surface area contributed by atoms with E-state index in [1.54, 1.807) is 18.3 Å². The van der Waals surface area contributed by atoms with Gasteiger partial charge in [0.1, 0.15) is 0 Å². The second kappa shape index (κ2) is 7.60. The van der Waals surface area contributed by atoms with E-state index in [0.717, 1.165) is 25.3 Å². The summed E-state index contributed by atoms with van der Waals surface area (Å²) >= 11 is 0. The Balaban J connectivity index is 2.58. The molecule has 1 saturated carbocycles. The Morgan fingerprint density at radius 1 is 1.21 bits per heavy atom. The van der Waals surface area contributed by atoms with Crippen LogP contribution < -0.4 is 5.32 Å². The van der Waals surface area contributed by atoms with Gasteiger partial charge in [-0.05, 0) is 45.1 Å². The molecule has 0 aromatic heterocycles. The summed E-state index contributed by atoms with van der Waals surface area (Å²) in [5, 5.41) is 2.78. The molecule has 0 aromatic carbocycles. The highest BCUT2D eigenvalue weighted by molar-refractivity contribution is 7.89. The van der Waals surface area contributed by atoms with Gasteiger partial charge in [-0.1, -0.05) is 20.3 Å². The number of rotatable bonds is 7. The van der Waals surface area contributed by atoms with Gasteiger partial charge in [0.2, 0.25) is 10.0 Å². The molecule has 1 unspecified atom stereocenters. The van der Waals surface area contributed by atoms with Gasteiger partial charge in [0, 0.05) is 19.6 Å². The smallest absolute Gasteiger partial charge is 0.217 e. The Hall–Kier alpha value is -0.130. The first-order valence-electron chi connectivity index (χ1n) is 7.61. The lowest BCUT2D eigenvalue weighted by atomic mass is 9.85. The molecule has 0 amide bonds. The zero-order chi connectivity index (χ0) is 14.5. The van der Waals surface area contributed by atoms with Crippen LogP contribution in [0.25, 0.3) is 0 Å². The molecule has 1 aliphatic carbocycles. The standard InChI is InChI=1S/C14H30N2O2S/c1-5-13-7-9-14(10-8-13)16(4)19(17,18)12(3)11-15-6-2/h12-15H,5-11H2,1-4H3. The molecule has 0 aliphatic heterocycles. The third-order valence-electron chi connectivity index (χ3n) is 4.50. The van der Waals surface area contributed by atoms with E-state index in [9.17, 15) is 8.42 Å². The minimum Gasteiger partial charge on any atom is -0.316 e. The SMILES string of the molecule is CCNCC(C)S(=O)(=O)N(C)C1CCC(CC)CC1. The Labute approximate surface area is 119 Å². The van der Waals surface area contributed by atoms with Crippen LogP contribution in [0.5, 0.6) is 0 Å². The van der Waals surface area contributed by atoms with Gasteiger partial charge in [-0.15, -0.1) is 0 Å².